The highest BCUT2D eigenvalue weighted by atomic mass is 16.1. The van der Waals surface area contributed by atoms with E-state index in [2.05, 4.69) is 54.2 Å². The molecule has 1 nitrogen and oxygen atoms in total. The number of ketones is 1. The van der Waals surface area contributed by atoms with Crippen LogP contribution in [0.15, 0.2) is 23.8 Å². The van der Waals surface area contributed by atoms with Crippen LogP contribution in [0.4, 0.5) is 0 Å². The van der Waals surface area contributed by atoms with Crippen LogP contribution in [0, 0.1) is 22.7 Å². The molecule has 0 saturated heterocycles. The van der Waals surface area contributed by atoms with Crippen molar-refractivity contribution in [3.05, 3.63) is 23.8 Å². The molecule has 0 amide bonds. The number of rotatable bonds is 2. The Morgan fingerprint density at radius 2 is 1.71 bits per heavy atom. The summed E-state index contributed by atoms with van der Waals surface area (Å²) in [7, 11) is 0. The van der Waals surface area contributed by atoms with Crippen molar-refractivity contribution in [2.24, 2.45) is 22.7 Å². The molecule has 0 bridgehead atoms. The summed E-state index contributed by atoms with van der Waals surface area (Å²) in [6.45, 7) is 18.9. The van der Waals surface area contributed by atoms with E-state index in [9.17, 15) is 4.79 Å². The topological polar surface area (TPSA) is 17.1 Å². The van der Waals surface area contributed by atoms with Crippen LogP contribution in [-0.4, -0.2) is 5.78 Å². The molecule has 0 N–H and O–H groups in total. The van der Waals surface area contributed by atoms with Gasteiger partial charge in [0.1, 0.15) is 5.78 Å². The lowest BCUT2D eigenvalue weighted by Crippen LogP contribution is -2.47. The Kier molecular flexibility index (Phi) is 3.44. The maximum Gasteiger partial charge on any atom is 0.137 e. The molecule has 1 aliphatic carbocycles. The molecule has 96 valence electrons. The minimum atomic E-state index is -0.0556. The largest absolute Gasteiger partial charge is 0.299 e. The molecular formula is C16H26O. The van der Waals surface area contributed by atoms with E-state index in [1.165, 1.54) is 11.1 Å². The molecule has 0 heterocycles. The first kappa shape index (κ1) is 14.2. The van der Waals surface area contributed by atoms with Crippen molar-refractivity contribution >= 4 is 5.78 Å². The molecule has 1 aliphatic rings. The Morgan fingerprint density at radius 3 is 2.06 bits per heavy atom. The summed E-state index contributed by atoms with van der Waals surface area (Å²) in [4.78, 5) is 11.9. The highest BCUT2D eigenvalue weighted by Gasteiger charge is 2.50. The quantitative estimate of drug-likeness (QED) is 0.647. The van der Waals surface area contributed by atoms with E-state index >= 15 is 0 Å². The minimum absolute atomic E-state index is 0.0252. The first-order valence-corrected chi connectivity index (χ1v) is 6.37. The molecule has 0 spiro atoms. The number of Topliss-reactive ketones (excluding diaryl/α,β-unsaturated/α-hetero) is 1. The van der Waals surface area contributed by atoms with Crippen LogP contribution in [0.5, 0.6) is 0 Å². The van der Waals surface area contributed by atoms with Gasteiger partial charge in [-0.25, -0.2) is 0 Å². The third-order valence-corrected chi connectivity index (χ3v) is 4.19. The summed E-state index contributed by atoms with van der Waals surface area (Å²) < 4.78 is 0. The molecule has 0 saturated carbocycles. The second-order valence-corrected chi connectivity index (χ2v) is 6.85. The first-order chi connectivity index (χ1) is 7.51. The number of carbonyl (C=O) groups is 1. The van der Waals surface area contributed by atoms with Crippen molar-refractivity contribution in [3.8, 4) is 0 Å². The van der Waals surface area contributed by atoms with Crippen LogP contribution in [0.2, 0.25) is 0 Å². The SMILES string of the molecule is C=C(C)C1C(C)(C)C=C(C)C(C(C)=O)C1(C)C. The summed E-state index contributed by atoms with van der Waals surface area (Å²) in [6, 6.07) is 0. The number of hydrogen-bond donors (Lipinski definition) is 0. The van der Waals surface area contributed by atoms with Gasteiger partial charge in [0.25, 0.3) is 0 Å². The molecule has 0 aromatic heterocycles. The first-order valence-electron chi connectivity index (χ1n) is 6.37. The molecule has 1 rings (SSSR count). The monoisotopic (exact) mass is 234 g/mol. The Balaban J connectivity index is 3.43. The molecular weight excluding hydrogens is 208 g/mol. The van der Waals surface area contributed by atoms with Gasteiger partial charge < -0.3 is 0 Å². The summed E-state index contributed by atoms with van der Waals surface area (Å²) in [5.74, 6) is 0.635. The van der Waals surface area contributed by atoms with E-state index in [1.807, 2.05) is 0 Å². The molecule has 0 radical (unpaired) electrons. The third kappa shape index (κ3) is 2.25. The average Bonchev–Trinajstić information content (AvgIpc) is 1.94. The van der Waals surface area contributed by atoms with Crippen LogP contribution in [0.25, 0.3) is 0 Å². The number of hydrogen-bond acceptors (Lipinski definition) is 1. The fourth-order valence-corrected chi connectivity index (χ4v) is 4.58. The Morgan fingerprint density at radius 1 is 1.24 bits per heavy atom. The minimum Gasteiger partial charge on any atom is -0.299 e. The van der Waals surface area contributed by atoms with E-state index < -0.39 is 0 Å². The van der Waals surface area contributed by atoms with Crippen LogP contribution < -0.4 is 0 Å². The van der Waals surface area contributed by atoms with Gasteiger partial charge in [-0.15, -0.1) is 0 Å². The predicted octanol–water partition coefficient (Wildman–Crippen LogP) is 4.40. The summed E-state index contributed by atoms with van der Waals surface area (Å²) >= 11 is 0. The smallest absolute Gasteiger partial charge is 0.137 e. The fourth-order valence-electron chi connectivity index (χ4n) is 4.58. The van der Waals surface area contributed by atoms with Crippen molar-refractivity contribution < 1.29 is 4.79 Å². The Bertz CT molecular complexity index is 382. The maximum absolute atomic E-state index is 11.9. The summed E-state index contributed by atoms with van der Waals surface area (Å²) in [5, 5.41) is 0. The zero-order valence-corrected chi connectivity index (χ0v) is 12.3. The lowest BCUT2D eigenvalue weighted by atomic mass is 9.52. The second-order valence-electron chi connectivity index (χ2n) is 6.85. The zero-order chi connectivity index (χ0) is 13.6. The van der Waals surface area contributed by atoms with Crippen molar-refractivity contribution in [2.45, 2.75) is 48.5 Å². The van der Waals surface area contributed by atoms with Crippen molar-refractivity contribution in [2.75, 3.05) is 0 Å². The van der Waals surface area contributed by atoms with Gasteiger partial charge in [0.15, 0.2) is 0 Å². The van der Waals surface area contributed by atoms with E-state index in [0.29, 0.717) is 5.92 Å². The molecule has 2 atom stereocenters. The van der Waals surface area contributed by atoms with Gasteiger partial charge in [0, 0.05) is 5.92 Å². The van der Waals surface area contributed by atoms with Crippen LogP contribution in [0.1, 0.15) is 48.5 Å². The highest BCUT2D eigenvalue weighted by Crippen LogP contribution is 2.55. The predicted molar refractivity (Wildman–Crippen MR) is 73.8 cm³/mol. The van der Waals surface area contributed by atoms with Crippen molar-refractivity contribution in [1.82, 2.24) is 0 Å². The van der Waals surface area contributed by atoms with E-state index in [4.69, 9.17) is 0 Å². The zero-order valence-electron chi connectivity index (χ0n) is 12.3. The number of allylic oxidation sites excluding steroid dienone is 3. The highest BCUT2D eigenvalue weighted by molar-refractivity contribution is 5.82. The maximum atomic E-state index is 11.9. The van der Waals surface area contributed by atoms with Gasteiger partial charge in [-0.2, -0.15) is 0 Å². The summed E-state index contributed by atoms with van der Waals surface area (Å²) in [6.07, 6.45) is 2.27. The lowest BCUT2D eigenvalue weighted by molar-refractivity contribution is -0.125. The van der Waals surface area contributed by atoms with Crippen molar-refractivity contribution in [1.29, 1.82) is 0 Å². The van der Waals surface area contributed by atoms with Gasteiger partial charge in [0.05, 0.1) is 0 Å². The van der Waals surface area contributed by atoms with E-state index in [0.717, 1.165) is 0 Å². The normalized spacial score (nSPS) is 30.6. The van der Waals surface area contributed by atoms with Gasteiger partial charge >= 0.3 is 0 Å². The standard InChI is InChI=1S/C16H26O/c1-10(2)14-15(5,6)9-11(3)13(12(4)17)16(14,7)8/h9,13-14H,1H2,2-8H3. The fraction of sp³-hybridized carbons (Fsp3) is 0.688. The van der Waals surface area contributed by atoms with Crippen LogP contribution in [-0.2, 0) is 4.79 Å². The summed E-state index contributed by atoms with van der Waals surface area (Å²) in [5.41, 5.74) is 2.41. The Labute approximate surface area is 106 Å². The third-order valence-electron chi connectivity index (χ3n) is 4.19. The molecule has 0 aliphatic heterocycles. The van der Waals surface area contributed by atoms with Crippen LogP contribution in [0.3, 0.4) is 0 Å². The average molecular weight is 234 g/mol. The van der Waals surface area contributed by atoms with Crippen molar-refractivity contribution in [3.63, 3.8) is 0 Å². The van der Waals surface area contributed by atoms with Crippen LogP contribution >= 0.6 is 0 Å². The van der Waals surface area contributed by atoms with E-state index in [1.54, 1.807) is 6.92 Å². The van der Waals surface area contributed by atoms with Gasteiger partial charge in [-0.05, 0) is 37.5 Å². The van der Waals surface area contributed by atoms with Gasteiger partial charge in [0.2, 0.25) is 0 Å². The molecule has 0 aromatic carbocycles. The van der Waals surface area contributed by atoms with E-state index in [-0.39, 0.29) is 22.5 Å². The second kappa shape index (κ2) is 4.12. The Hall–Kier alpha value is -0.850. The molecule has 0 aromatic rings. The number of carbonyl (C=O) groups excluding carboxylic acids is 1. The molecule has 17 heavy (non-hydrogen) atoms. The van der Waals surface area contributed by atoms with Gasteiger partial charge in [-0.3, -0.25) is 4.79 Å². The molecule has 1 heteroatoms. The molecule has 2 unspecified atom stereocenters. The lowest BCUT2D eigenvalue weighted by Gasteiger charge is -2.52. The molecule has 0 fully saturated rings. The van der Waals surface area contributed by atoms with Gasteiger partial charge in [-0.1, -0.05) is 51.5 Å².